The lowest BCUT2D eigenvalue weighted by Gasteiger charge is -2.24. The van der Waals surface area contributed by atoms with Gasteiger partial charge in [0.15, 0.2) is 0 Å². The Balaban J connectivity index is 2.78. The molecule has 1 rings (SSSR count). The van der Waals surface area contributed by atoms with Crippen LogP contribution in [0.15, 0.2) is 18.2 Å². The van der Waals surface area contributed by atoms with Crippen LogP contribution in [0.3, 0.4) is 0 Å². The topological polar surface area (TPSA) is 29.5 Å². The molecule has 0 fully saturated rings. The Labute approximate surface area is 98.3 Å². The van der Waals surface area contributed by atoms with Gasteiger partial charge in [0, 0.05) is 6.61 Å². The molecular weight excluding hydrogens is 200 g/mol. The zero-order valence-corrected chi connectivity index (χ0v) is 10.7. The van der Waals surface area contributed by atoms with Gasteiger partial charge in [-0.3, -0.25) is 0 Å². The minimum Gasteiger partial charge on any atom is -0.496 e. The van der Waals surface area contributed by atoms with E-state index in [0.29, 0.717) is 0 Å². The number of methoxy groups -OCH3 is 1. The standard InChI is InChI=1S/C14H22O2/c1-11-9-12(5-6-13(11)16-4)10-14(2,3)7-8-15/h5-6,9,15H,7-8,10H2,1-4H3. The molecule has 1 N–H and O–H groups in total. The zero-order chi connectivity index (χ0) is 12.2. The molecule has 1 aromatic rings. The first kappa shape index (κ1) is 13.0. The molecule has 0 saturated carbocycles. The van der Waals surface area contributed by atoms with Gasteiger partial charge in [-0.1, -0.05) is 26.0 Å². The highest BCUT2D eigenvalue weighted by Gasteiger charge is 2.18. The Bertz CT molecular complexity index is 343. The molecule has 16 heavy (non-hydrogen) atoms. The van der Waals surface area contributed by atoms with Crippen LogP contribution >= 0.6 is 0 Å². The van der Waals surface area contributed by atoms with Crippen molar-refractivity contribution in [3.8, 4) is 5.75 Å². The van der Waals surface area contributed by atoms with E-state index in [1.807, 2.05) is 6.07 Å². The largest absolute Gasteiger partial charge is 0.496 e. The van der Waals surface area contributed by atoms with Crippen molar-refractivity contribution in [2.45, 2.75) is 33.6 Å². The molecule has 0 spiro atoms. The average Bonchev–Trinajstić information content (AvgIpc) is 2.17. The maximum Gasteiger partial charge on any atom is 0.121 e. The second-order valence-corrected chi connectivity index (χ2v) is 5.12. The van der Waals surface area contributed by atoms with Crippen molar-refractivity contribution in [3.05, 3.63) is 29.3 Å². The predicted molar refractivity (Wildman–Crippen MR) is 66.9 cm³/mol. The Hall–Kier alpha value is -1.02. The summed E-state index contributed by atoms with van der Waals surface area (Å²) in [6, 6.07) is 6.28. The van der Waals surface area contributed by atoms with Gasteiger partial charge in [0.2, 0.25) is 0 Å². The Morgan fingerprint density at radius 1 is 1.31 bits per heavy atom. The molecule has 0 radical (unpaired) electrons. The summed E-state index contributed by atoms with van der Waals surface area (Å²) in [5.41, 5.74) is 2.62. The van der Waals surface area contributed by atoms with Crippen LogP contribution in [0.1, 0.15) is 31.4 Å². The summed E-state index contributed by atoms with van der Waals surface area (Å²) in [6.07, 6.45) is 1.82. The minimum atomic E-state index is 0.149. The van der Waals surface area contributed by atoms with Crippen LogP contribution in [-0.2, 0) is 6.42 Å². The van der Waals surface area contributed by atoms with Crippen molar-refractivity contribution < 1.29 is 9.84 Å². The normalized spacial score (nSPS) is 11.6. The lowest BCUT2D eigenvalue weighted by atomic mass is 9.83. The van der Waals surface area contributed by atoms with Crippen molar-refractivity contribution in [2.75, 3.05) is 13.7 Å². The number of rotatable bonds is 5. The number of aliphatic hydroxyl groups excluding tert-OH is 1. The Morgan fingerprint density at radius 2 is 2.00 bits per heavy atom. The van der Waals surface area contributed by atoms with Gasteiger partial charge in [0.25, 0.3) is 0 Å². The molecule has 0 aromatic heterocycles. The van der Waals surface area contributed by atoms with Crippen LogP contribution in [0, 0.1) is 12.3 Å². The van der Waals surface area contributed by atoms with Gasteiger partial charge in [-0.15, -0.1) is 0 Å². The van der Waals surface area contributed by atoms with E-state index in [-0.39, 0.29) is 12.0 Å². The maximum absolute atomic E-state index is 9.00. The first-order valence-corrected chi connectivity index (χ1v) is 5.73. The summed E-state index contributed by atoms with van der Waals surface area (Å²) in [5.74, 6) is 0.934. The van der Waals surface area contributed by atoms with E-state index in [4.69, 9.17) is 9.84 Å². The van der Waals surface area contributed by atoms with E-state index < -0.39 is 0 Å². The Morgan fingerprint density at radius 3 is 2.50 bits per heavy atom. The summed E-state index contributed by atoms with van der Waals surface area (Å²) in [7, 11) is 1.69. The summed E-state index contributed by atoms with van der Waals surface area (Å²) in [5, 5.41) is 9.00. The van der Waals surface area contributed by atoms with Crippen LogP contribution < -0.4 is 4.74 Å². The van der Waals surface area contributed by atoms with E-state index >= 15 is 0 Å². The molecule has 0 aliphatic rings. The SMILES string of the molecule is COc1ccc(CC(C)(C)CCO)cc1C. The van der Waals surface area contributed by atoms with E-state index in [0.717, 1.165) is 18.6 Å². The molecular formula is C14H22O2. The van der Waals surface area contributed by atoms with Crippen LogP contribution in [0.4, 0.5) is 0 Å². The zero-order valence-electron chi connectivity index (χ0n) is 10.7. The van der Waals surface area contributed by atoms with Gasteiger partial charge in [-0.2, -0.15) is 0 Å². The Kier molecular flexibility index (Phi) is 4.36. The van der Waals surface area contributed by atoms with E-state index in [1.165, 1.54) is 11.1 Å². The molecule has 0 aliphatic carbocycles. The fourth-order valence-electron chi connectivity index (χ4n) is 1.99. The molecule has 2 nitrogen and oxygen atoms in total. The highest BCUT2D eigenvalue weighted by Crippen LogP contribution is 2.27. The summed E-state index contributed by atoms with van der Waals surface area (Å²) >= 11 is 0. The van der Waals surface area contributed by atoms with E-state index in [9.17, 15) is 0 Å². The fourth-order valence-corrected chi connectivity index (χ4v) is 1.99. The van der Waals surface area contributed by atoms with Crippen LogP contribution in [-0.4, -0.2) is 18.8 Å². The number of benzene rings is 1. The minimum absolute atomic E-state index is 0.149. The number of aryl methyl sites for hydroxylation is 1. The smallest absolute Gasteiger partial charge is 0.121 e. The quantitative estimate of drug-likeness (QED) is 0.830. The molecule has 0 aliphatic heterocycles. The third-order valence-corrected chi connectivity index (χ3v) is 2.93. The first-order chi connectivity index (χ1) is 7.48. The molecule has 0 bridgehead atoms. The first-order valence-electron chi connectivity index (χ1n) is 5.73. The van der Waals surface area contributed by atoms with E-state index in [2.05, 4.69) is 32.9 Å². The second kappa shape index (κ2) is 5.35. The van der Waals surface area contributed by atoms with Gasteiger partial charge in [0.1, 0.15) is 5.75 Å². The third kappa shape index (κ3) is 3.53. The molecule has 0 heterocycles. The molecule has 0 atom stereocenters. The van der Waals surface area contributed by atoms with Crippen LogP contribution in [0.2, 0.25) is 0 Å². The molecule has 0 unspecified atom stereocenters. The molecule has 1 aromatic carbocycles. The number of ether oxygens (including phenoxy) is 1. The highest BCUT2D eigenvalue weighted by molar-refractivity contribution is 5.36. The predicted octanol–water partition coefficient (Wildman–Crippen LogP) is 2.95. The van der Waals surface area contributed by atoms with Crippen LogP contribution in [0.25, 0.3) is 0 Å². The number of hydrogen-bond acceptors (Lipinski definition) is 2. The number of aliphatic hydroxyl groups is 1. The van der Waals surface area contributed by atoms with Gasteiger partial charge < -0.3 is 9.84 Å². The fraction of sp³-hybridized carbons (Fsp3) is 0.571. The van der Waals surface area contributed by atoms with Gasteiger partial charge in [0.05, 0.1) is 7.11 Å². The lowest BCUT2D eigenvalue weighted by molar-refractivity contribution is 0.211. The number of hydrogen-bond donors (Lipinski definition) is 1. The molecule has 0 amide bonds. The van der Waals surface area contributed by atoms with Crippen molar-refractivity contribution >= 4 is 0 Å². The summed E-state index contributed by atoms with van der Waals surface area (Å²) in [6.45, 7) is 6.68. The van der Waals surface area contributed by atoms with Gasteiger partial charge >= 0.3 is 0 Å². The molecule has 0 saturated heterocycles. The highest BCUT2D eigenvalue weighted by atomic mass is 16.5. The summed E-state index contributed by atoms with van der Waals surface area (Å²) in [4.78, 5) is 0. The monoisotopic (exact) mass is 222 g/mol. The van der Waals surface area contributed by atoms with Crippen molar-refractivity contribution in [3.63, 3.8) is 0 Å². The second-order valence-electron chi connectivity index (χ2n) is 5.12. The van der Waals surface area contributed by atoms with Crippen LogP contribution in [0.5, 0.6) is 5.75 Å². The van der Waals surface area contributed by atoms with Crippen molar-refractivity contribution in [2.24, 2.45) is 5.41 Å². The van der Waals surface area contributed by atoms with Gasteiger partial charge in [-0.25, -0.2) is 0 Å². The average molecular weight is 222 g/mol. The van der Waals surface area contributed by atoms with Crippen molar-refractivity contribution in [1.29, 1.82) is 0 Å². The van der Waals surface area contributed by atoms with E-state index in [1.54, 1.807) is 7.11 Å². The lowest BCUT2D eigenvalue weighted by Crippen LogP contribution is -2.16. The molecule has 90 valence electrons. The van der Waals surface area contributed by atoms with Crippen molar-refractivity contribution in [1.82, 2.24) is 0 Å². The maximum atomic E-state index is 9.00. The van der Waals surface area contributed by atoms with Gasteiger partial charge in [-0.05, 0) is 42.4 Å². The third-order valence-electron chi connectivity index (χ3n) is 2.93. The summed E-state index contributed by atoms with van der Waals surface area (Å²) < 4.78 is 5.24. The molecule has 2 heteroatoms.